The van der Waals surface area contributed by atoms with Crippen LogP contribution in [0.3, 0.4) is 0 Å². The number of alkyl halides is 1. The summed E-state index contributed by atoms with van der Waals surface area (Å²) in [6.07, 6.45) is 2.06. The number of carboxylic acids is 1. The highest BCUT2D eigenvalue weighted by atomic mass is 19.1. The minimum Gasteiger partial charge on any atom is -0.479 e. The number of aryl methyl sites for hydroxylation is 1. The number of benzene rings is 1. The average Bonchev–Trinajstić information content (AvgIpc) is 3.10. The van der Waals surface area contributed by atoms with Gasteiger partial charge in [0.1, 0.15) is 0 Å². The summed E-state index contributed by atoms with van der Waals surface area (Å²) in [6.45, 7) is 0.782. The number of carboxylic acid groups (broad SMARTS) is 1. The fourth-order valence-corrected chi connectivity index (χ4v) is 3.82. The van der Waals surface area contributed by atoms with Gasteiger partial charge in [-0.1, -0.05) is 30.3 Å². The Morgan fingerprint density at radius 2 is 1.74 bits per heavy atom. The van der Waals surface area contributed by atoms with Gasteiger partial charge in [0.15, 0.2) is 0 Å². The molecule has 1 atom stereocenters. The van der Waals surface area contributed by atoms with Gasteiger partial charge >= 0.3 is 5.97 Å². The van der Waals surface area contributed by atoms with E-state index in [1.54, 1.807) is 4.90 Å². The molecule has 1 unspecified atom stereocenters. The fraction of sp³-hybridized carbons (Fsp3) is 0.550. The standard InChI is InChI=1S/C20H25FN2O4/c21-20(19(26)27)10-13-23(14-20)18(25)16-8-11-22(12-9-16)17(24)7-6-15-4-2-1-3-5-15/h1-5,16H,6-14H2,(H,26,27). The van der Waals surface area contributed by atoms with E-state index in [0.29, 0.717) is 38.8 Å². The van der Waals surface area contributed by atoms with Gasteiger partial charge in [0.2, 0.25) is 17.5 Å². The number of halogens is 1. The molecule has 2 amide bonds. The van der Waals surface area contributed by atoms with E-state index in [-0.39, 0.29) is 37.2 Å². The summed E-state index contributed by atoms with van der Waals surface area (Å²) < 4.78 is 14.2. The predicted molar refractivity (Wildman–Crippen MR) is 96.7 cm³/mol. The molecule has 0 spiro atoms. The van der Waals surface area contributed by atoms with Crippen molar-refractivity contribution in [2.45, 2.75) is 37.8 Å². The van der Waals surface area contributed by atoms with Crippen molar-refractivity contribution in [1.29, 1.82) is 0 Å². The van der Waals surface area contributed by atoms with Gasteiger partial charge in [-0.05, 0) is 24.8 Å². The summed E-state index contributed by atoms with van der Waals surface area (Å²) in [6, 6.07) is 9.83. The number of hydrogen-bond acceptors (Lipinski definition) is 3. The van der Waals surface area contributed by atoms with E-state index in [9.17, 15) is 18.8 Å². The molecule has 1 aromatic carbocycles. The van der Waals surface area contributed by atoms with Crippen LogP contribution in [-0.4, -0.2) is 64.5 Å². The van der Waals surface area contributed by atoms with Crippen LogP contribution >= 0.6 is 0 Å². The van der Waals surface area contributed by atoms with Gasteiger partial charge in [0.25, 0.3) is 0 Å². The van der Waals surface area contributed by atoms with E-state index >= 15 is 0 Å². The summed E-state index contributed by atoms with van der Waals surface area (Å²) in [7, 11) is 0. The maximum atomic E-state index is 14.2. The zero-order chi connectivity index (χ0) is 19.4. The van der Waals surface area contributed by atoms with Crippen LogP contribution in [0.5, 0.6) is 0 Å². The Hall–Kier alpha value is -2.44. The van der Waals surface area contributed by atoms with Gasteiger partial charge in [-0.3, -0.25) is 9.59 Å². The van der Waals surface area contributed by atoms with E-state index < -0.39 is 11.6 Å². The Kier molecular flexibility index (Phi) is 5.77. The van der Waals surface area contributed by atoms with Gasteiger partial charge < -0.3 is 14.9 Å². The molecule has 6 nitrogen and oxygen atoms in total. The third-order valence-corrected chi connectivity index (χ3v) is 5.58. The minimum atomic E-state index is -2.33. The van der Waals surface area contributed by atoms with E-state index in [4.69, 9.17) is 5.11 Å². The molecule has 0 bridgehead atoms. The molecule has 0 aliphatic carbocycles. The van der Waals surface area contributed by atoms with E-state index in [2.05, 4.69) is 0 Å². The fourth-order valence-electron chi connectivity index (χ4n) is 3.82. The van der Waals surface area contributed by atoms with Crippen molar-refractivity contribution < 1.29 is 23.9 Å². The first kappa shape index (κ1) is 19.3. The normalized spacial score (nSPS) is 23.4. The van der Waals surface area contributed by atoms with Crippen LogP contribution in [0.2, 0.25) is 0 Å². The molecular formula is C20H25FN2O4. The molecule has 0 aromatic heterocycles. The minimum absolute atomic E-state index is 0.0829. The van der Waals surface area contributed by atoms with Crippen molar-refractivity contribution in [2.75, 3.05) is 26.2 Å². The van der Waals surface area contributed by atoms with Crippen LogP contribution in [0.15, 0.2) is 30.3 Å². The average molecular weight is 376 g/mol. The molecule has 2 heterocycles. The number of aliphatic carboxylic acids is 1. The molecule has 27 heavy (non-hydrogen) atoms. The number of piperidine rings is 1. The van der Waals surface area contributed by atoms with Crippen LogP contribution in [0.25, 0.3) is 0 Å². The van der Waals surface area contributed by atoms with Gasteiger partial charge in [-0.15, -0.1) is 0 Å². The Balaban J connectivity index is 1.45. The smallest absolute Gasteiger partial charge is 0.343 e. The number of hydrogen-bond donors (Lipinski definition) is 1. The Morgan fingerprint density at radius 3 is 2.33 bits per heavy atom. The second-order valence-electron chi connectivity index (χ2n) is 7.42. The summed E-state index contributed by atoms with van der Waals surface area (Å²) >= 11 is 0. The third kappa shape index (κ3) is 4.46. The van der Waals surface area contributed by atoms with Crippen molar-refractivity contribution >= 4 is 17.8 Å². The monoisotopic (exact) mass is 376 g/mol. The molecular weight excluding hydrogens is 351 g/mol. The van der Waals surface area contributed by atoms with Crippen molar-refractivity contribution in [2.24, 2.45) is 5.92 Å². The zero-order valence-electron chi connectivity index (χ0n) is 15.3. The lowest BCUT2D eigenvalue weighted by Crippen LogP contribution is -2.45. The van der Waals surface area contributed by atoms with Crippen molar-refractivity contribution in [3.63, 3.8) is 0 Å². The molecule has 146 valence electrons. The topological polar surface area (TPSA) is 77.9 Å². The predicted octanol–water partition coefficient (Wildman–Crippen LogP) is 1.88. The highest BCUT2D eigenvalue weighted by molar-refractivity contribution is 5.84. The number of likely N-dealkylation sites (tertiary alicyclic amines) is 2. The number of carbonyl (C=O) groups is 3. The third-order valence-electron chi connectivity index (χ3n) is 5.58. The molecule has 2 fully saturated rings. The van der Waals surface area contributed by atoms with Crippen molar-refractivity contribution in [3.05, 3.63) is 35.9 Å². The van der Waals surface area contributed by atoms with E-state index in [1.165, 1.54) is 4.90 Å². The van der Waals surface area contributed by atoms with E-state index in [1.807, 2.05) is 30.3 Å². The van der Waals surface area contributed by atoms with E-state index in [0.717, 1.165) is 5.56 Å². The van der Waals surface area contributed by atoms with Crippen LogP contribution < -0.4 is 0 Å². The maximum absolute atomic E-state index is 14.2. The van der Waals surface area contributed by atoms with Gasteiger partial charge in [-0.2, -0.15) is 0 Å². The Bertz CT molecular complexity index is 703. The molecule has 1 N–H and O–H groups in total. The highest BCUT2D eigenvalue weighted by Crippen LogP contribution is 2.29. The number of nitrogens with zero attached hydrogens (tertiary/aromatic N) is 2. The number of carbonyl (C=O) groups excluding carboxylic acids is 2. The Morgan fingerprint density at radius 1 is 1.07 bits per heavy atom. The lowest BCUT2D eigenvalue weighted by Gasteiger charge is -2.33. The lowest BCUT2D eigenvalue weighted by atomic mass is 9.95. The molecule has 0 radical (unpaired) electrons. The lowest BCUT2D eigenvalue weighted by molar-refractivity contribution is -0.150. The largest absolute Gasteiger partial charge is 0.479 e. The number of rotatable bonds is 5. The van der Waals surface area contributed by atoms with Gasteiger partial charge in [0.05, 0.1) is 6.54 Å². The van der Waals surface area contributed by atoms with Gasteiger partial charge in [0, 0.05) is 38.4 Å². The van der Waals surface area contributed by atoms with Crippen LogP contribution in [0.1, 0.15) is 31.2 Å². The summed E-state index contributed by atoms with van der Waals surface area (Å²) in [5.74, 6) is -1.87. The van der Waals surface area contributed by atoms with Crippen molar-refractivity contribution in [1.82, 2.24) is 9.80 Å². The van der Waals surface area contributed by atoms with Crippen LogP contribution in [0.4, 0.5) is 4.39 Å². The zero-order valence-corrected chi connectivity index (χ0v) is 15.3. The molecule has 2 saturated heterocycles. The molecule has 1 aromatic rings. The van der Waals surface area contributed by atoms with Gasteiger partial charge in [-0.25, -0.2) is 9.18 Å². The highest BCUT2D eigenvalue weighted by Gasteiger charge is 2.47. The van der Waals surface area contributed by atoms with Crippen molar-refractivity contribution in [3.8, 4) is 0 Å². The Labute approximate surface area is 157 Å². The second kappa shape index (κ2) is 8.06. The SMILES string of the molecule is O=C(CCc1ccccc1)N1CCC(C(=O)N2CCC(F)(C(=O)O)C2)CC1. The number of amides is 2. The second-order valence-corrected chi connectivity index (χ2v) is 7.42. The maximum Gasteiger partial charge on any atom is 0.343 e. The molecule has 3 rings (SSSR count). The molecule has 7 heteroatoms. The van der Waals surface area contributed by atoms with Crippen LogP contribution in [0, 0.1) is 5.92 Å². The van der Waals surface area contributed by atoms with Crippen LogP contribution in [-0.2, 0) is 20.8 Å². The summed E-state index contributed by atoms with van der Waals surface area (Å²) in [4.78, 5) is 39.0. The molecule has 2 aliphatic rings. The summed E-state index contributed by atoms with van der Waals surface area (Å²) in [5.41, 5.74) is -1.21. The quantitative estimate of drug-likeness (QED) is 0.851. The first-order valence-electron chi connectivity index (χ1n) is 9.42. The first-order valence-corrected chi connectivity index (χ1v) is 9.42. The molecule has 0 saturated carbocycles. The summed E-state index contributed by atoms with van der Waals surface area (Å²) in [5, 5.41) is 8.95. The first-order chi connectivity index (χ1) is 12.9. The molecule has 2 aliphatic heterocycles.